The Bertz CT molecular complexity index is 373. The largest absolute Gasteiger partial charge is 0.370 e. The number of amides is 1. The lowest BCUT2D eigenvalue weighted by Gasteiger charge is -2.07. The summed E-state index contributed by atoms with van der Waals surface area (Å²) in [6.07, 6.45) is 5.03. The summed E-state index contributed by atoms with van der Waals surface area (Å²) in [5.41, 5.74) is 0.616. The molecule has 0 saturated carbocycles. The lowest BCUT2D eigenvalue weighted by Crippen LogP contribution is -2.24. The number of nitrogens with zero attached hydrogens (tertiary/aromatic N) is 1. The summed E-state index contributed by atoms with van der Waals surface area (Å²) >= 11 is 0. The van der Waals surface area contributed by atoms with Crippen LogP contribution in [0.3, 0.4) is 0 Å². The molecule has 0 unspecified atom stereocenters. The number of hydrogen-bond acceptors (Lipinski definition) is 3. The quantitative estimate of drug-likeness (QED) is 0.709. The number of pyridine rings is 1. The first-order valence-corrected chi connectivity index (χ1v) is 7.11. The maximum atomic E-state index is 11.8. The average Bonchev–Trinajstić information content (AvgIpc) is 2.39. The molecule has 106 valence electrons. The number of unbranched alkanes of at least 4 members (excludes halogenated alkanes) is 1. The van der Waals surface area contributed by atoms with E-state index >= 15 is 0 Å². The molecule has 0 radical (unpaired) electrons. The Morgan fingerprint density at radius 3 is 2.68 bits per heavy atom. The minimum atomic E-state index is -0.0416. The molecule has 0 saturated heterocycles. The van der Waals surface area contributed by atoms with Gasteiger partial charge in [-0.25, -0.2) is 4.98 Å². The average molecular weight is 263 g/mol. The molecule has 0 spiro atoms. The molecule has 0 aliphatic heterocycles. The zero-order valence-electron chi connectivity index (χ0n) is 12.2. The Labute approximate surface area is 116 Å². The Hall–Kier alpha value is -1.58. The van der Waals surface area contributed by atoms with Crippen LogP contribution in [0.15, 0.2) is 18.3 Å². The number of aromatic nitrogens is 1. The van der Waals surface area contributed by atoms with Crippen LogP contribution in [-0.4, -0.2) is 24.0 Å². The molecule has 0 atom stereocenters. The van der Waals surface area contributed by atoms with E-state index in [-0.39, 0.29) is 5.91 Å². The highest BCUT2D eigenvalue weighted by atomic mass is 16.1. The summed E-state index contributed by atoms with van der Waals surface area (Å²) in [5.74, 6) is 1.49. The van der Waals surface area contributed by atoms with Crippen molar-refractivity contribution in [2.75, 3.05) is 18.4 Å². The Morgan fingerprint density at radius 1 is 1.32 bits per heavy atom. The van der Waals surface area contributed by atoms with Crippen LogP contribution >= 0.6 is 0 Å². The van der Waals surface area contributed by atoms with Gasteiger partial charge in [-0.1, -0.05) is 26.7 Å². The van der Waals surface area contributed by atoms with Crippen LogP contribution < -0.4 is 10.6 Å². The van der Waals surface area contributed by atoms with Crippen LogP contribution in [0.5, 0.6) is 0 Å². The second kappa shape index (κ2) is 8.51. The van der Waals surface area contributed by atoms with E-state index in [1.54, 1.807) is 12.3 Å². The van der Waals surface area contributed by atoms with Crippen molar-refractivity contribution < 1.29 is 4.79 Å². The molecule has 1 heterocycles. The van der Waals surface area contributed by atoms with Gasteiger partial charge in [0.15, 0.2) is 0 Å². The van der Waals surface area contributed by atoms with E-state index in [0.717, 1.165) is 37.7 Å². The van der Waals surface area contributed by atoms with E-state index < -0.39 is 0 Å². The number of carbonyl (C=O) groups is 1. The van der Waals surface area contributed by atoms with Crippen LogP contribution in [0.4, 0.5) is 5.82 Å². The van der Waals surface area contributed by atoms with Crippen LogP contribution in [0.1, 0.15) is 50.4 Å². The molecule has 2 N–H and O–H groups in total. The van der Waals surface area contributed by atoms with Crippen molar-refractivity contribution in [3.05, 3.63) is 23.9 Å². The standard InChI is InChI=1S/C15H25N3O/c1-4-16-14-9-8-13(11-18-14)15(19)17-10-6-5-7-12(2)3/h8-9,11-12H,4-7,10H2,1-3H3,(H,16,18)(H,17,19). The highest BCUT2D eigenvalue weighted by molar-refractivity contribution is 5.93. The van der Waals surface area contributed by atoms with Crippen molar-refractivity contribution in [2.24, 2.45) is 5.92 Å². The predicted molar refractivity (Wildman–Crippen MR) is 79.4 cm³/mol. The highest BCUT2D eigenvalue weighted by Crippen LogP contribution is 2.06. The SMILES string of the molecule is CCNc1ccc(C(=O)NCCCCC(C)C)cn1. The Morgan fingerprint density at radius 2 is 2.11 bits per heavy atom. The first-order chi connectivity index (χ1) is 9.13. The molecule has 0 aromatic carbocycles. The summed E-state index contributed by atoms with van der Waals surface area (Å²) in [5, 5.41) is 6.03. The zero-order chi connectivity index (χ0) is 14.1. The van der Waals surface area contributed by atoms with E-state index in [1.165, 1.54) is 6.42 Å². The maximum Gasteiger partial charge on any atom is 0.252 e. The van der Waals surface area contributed by atoms with Crippen LogP contribution in [0, 0.1) is 5.92 Å². The van der Waals surface area contributed by atoms with Crippen molar-refractivity contribution >= 4 is 11.7 Å². The number of rotatable bonds is 8. The maximum absolute atomic E-state index is 11.8. The lowest BCUT2D eigenvalue weighted by molar-refractivity contribution is 0.0952. The normalized spacial score (nSPS) is 10.5. The first-order valence-electron chi connectivity index (χ1n) is 7.11. The van der Waals surface area contributed by atoms with Crippen molar-refractivity contribution in [3.8, 4) is 0 Å². The van der Waals surface area contributed by atoms with Crippen LogP contribution in [0.2, 0.25) is 0 Å². The van der Waals surface area contributed by atoms with Crippen molar-refractivity contribution in [1.82, 2.24) is 10.3 Å². The fourth-order valence-electron chi connectivity index (χ4n) is 1.80. The molecule has 0 bridgehead atoms. The molecule has 1 rings (SSSR count). The summed E-state index contributed by atoms with van der Waals surface area (Å²) in [6.45, 7) is 8.01. The fraction of sp³-hybridized carbons (Fsp3) is 0.600. The van der Waals surface area contributed by atoms with Gasteiger partial charge in [0, 0.05) is 19.3 Å². The van der Waals surface area contributed by atoms with Crippen molar-refractivity contribution in [2.45, 2.75) is 40.0 Å². The van der Waals surface area contributed by atoms with Gasteiger partial charge in [-0.2, -0.15) is 0 Å². The van der Waals surface area contributed by atoms with Gasteiger partial charge in [-0.15, -0.1) is 0 Å². The van der Waals surface area contributed by atoms with Crippen molar-refractivity contribution in [3.63, 3.8) is 0 Å². The molecule has 4 heteroatoms. The monoisotopic (exact) mass is 263 g/mol. The summed E-state index contributed by atoms with van der Waals surface area (Å²) in [6, 6.07) is 3.63. The van der Waals surface area contributed by atoms with Gasteiger partial charge in [0.2, 0.25) is 0 Å². The van der Waals surface area contributed by atoms with Gasteiger partial charge in [-0.05, 0) is 31.4 Å². The van der Waals surface area contributed by atoms with E-state index in [0.29, 0.717) is 5.56 Å². The predicted octanol–water partition coefficient (Wildman–Crippen LogP) is 3.07. The van der Waals surface area contributed by atoms with Gasteiger partial charge in [0.25, 0.3) is 5.91 Å². The number of carbonyl (C=O) groups excluding carboxylic acids is 1. The lowest BCUT2D eigenvalue weighted by atomic mass is 10.1. The summed E-state index contributed by atoms with van der Waals surface area (Å²) < 4.78 is 0. The molecular weight excluding hydrogens is 238 g/mol. The van der Waals surface area contributed by atoms with E-state index in [1.807, 2.05) is 13.0 Å². The molecular formula is C15H25N3O. The third kappa shape index (κ3) is 6.22. The number of hydrogen-bond donors (Lipinski definition) is 2. The molecule has 0 fully saturated rings. The zero-order valence-corrected chi connectivity index (χ0v) is 12.2. The van der Waals surface area contributed by atoms with Crippen molar-refractivity contribution in [1.29, 1.82) is 0 Å². The molecule has 1 aromatic rings. The number of nitrogens with one attached hydrogen (secondary N) is 2. The molecule has 1 amide bonds. The molecule has 4 nitrogen and oxygen atoms in total. The van der Waals surface area contributed by atoms with E-state index in [9.17, 15) is 4.79 Å². The third-order valence-corrected chi connectivity index (χ3v) is 2.88. The first kappa shape index (κ1) is 15.5. The minimum Gasteiger partial charge on any atom is -0.370 e. The smallest absolute Gasteiger partial charge is 0.252 e. The van der Waals surface area contributed by atoms with Gasteiger partial charge in [0.1, 0.15) is 5.82 Å². The summed E-state index contributed by atoms with van der Waals surface area (Å²) in [7, 11) is 0. The van der Waals surface area contributed by atoms with E-state index in [2.05, 4.69) is 29.5 Å². The third-order valence-electron chi connectivity index (χ3n) is 2.88. The van der Waals surface area contributed by atoms with Gasteiger partial charge in [0.05, 0.1) is 5.56 Å². The van der Waals surface area contributed by atoms with Gasteiger partial charge >= 0.3 is 0 Å². The van der Waals surface area contributed by atoms with Gasteiger partial charge in [-0.3, -0.25) is 4.79 Å². The Kier molecular flexibility index (Phi) is 6.93. The molecule has 1 aromatic heterocycles. The fourth-order valence-corrected chi connectivity index (χ4v) is 1.80. The molecule has 0 aliphatic rings. The second-order valence-corrected chi connectivity index (χ2v) is 5.11. The van der Waals surface area contributed by atoms with Gasteiger partial charge < -0.3 is 10.6 Å². The molecule has 0 aliphatic carbocycles. The topological polar surface area (TPSA) is 54.0 Å². The van der Waals surface area contributed by atoms with Crippen LogP contribution in [-0.2, 0) is 0 Å². The highest BCUT2D eigenvalue weighted by Gasteiger charge is 2.05. The number of anilines is 1. The van der Waals surface area contributed by atoms with Crippen LogP contribution in [0.25, 0.3) is 0 Å². The summed E-state index contributed by atoms with van der Waals surface area (Å²) in [4.78, 5) is 16.0. The molecule has 19 heavy (non-hydrogen) atoms. The Balaban J connectivity index is 2.29. The minimum absolute atomic E-state index is 0.0416. The second-order valence-electron chi connectivity index (χ2n) is 5.11. The van der Waals surface area contributed by atoms with E-state index in [4.69, 9.17) is 0 Å².